The fourth-order valence-electron chi connectivity index (χ4n) is 2.77. The number of hydrogen-bond acceptors (Lipinski definition) is 3. The molecular formula is C14H20N2O. The van der Waals surface area contributed by atoms with E-state index in [-0.39, 0.29) is 0 Å². The summed E-state index contributed by atoms with van der Waals surface area (Å²) in [5.74, 6) is 1.61. The van der Waals surface area contributed by atoms with Crippen molar-refractivity contribution >= 4 is 0 Å². The first kappa shape index (κ1) is 11.1. The van der Waals surface area contributed by atoms with E-state index in [4.69, 9.17) is 4.74 Å². The molecule has 0 amide bonds. The van der Waals surface area contributed by atoms with Crippen LogP contribution in [0.5, 0.6) is 5.75 Å². The zero-order valence-electron chi connectivity index (χ0n) is 10.4. The number of methoxy groups -OCH3 is 1. The molecule has 3 rings (SSSR count). The molecule has 92 valence electrons. The fraction of sp³-hybridized carbons (Fsp3) is 0.571. The van der Waals surface area contributed by atoms with Gasteiger partial charge in [-0.3, -0.25) is 0 Å². The van der Waals surface area contributed by atoms with Crippen LogP contribution in [0.25, 0.3) is 0 Å². The van der Waals surface area contributed by atoms with Gasteiger partial charge in [0.05, 0.1) is 7.11 Å². The van der Waals surface area contributed by atoms with Crippen molar-refractivity contribution in [1.82, 2.24) is 10.2 Å². The van der Waals surface area contributed by atoms with Crippen molar-refractivity contribution in [3.63, 3.8) is 0 Å². The van der Waals surface area contributed by atoms with E-state index in [1.165, 1.54) is 37.2 Å². The van der Waals surface area contributed by atoms with Gasteiger partial charge in [-0.2, -0.15) is 0 Å². The monoisotopic (exact) mass is 232 g/mol. The van der Waals surface area contributed by atoms with Crippen molar-refractivity contribution in [1.29, 1.82) is 0 Å². The smallest absolute Gasteiger partial charge is 0.119 e. The van der Waals surface area contributed by atoms with Crippen LogP contribution in [0.1, 0.15) is 23.5 Å². The van der Waals surface area contributed by atoms with Crippen LogP contribution in [0.4, 0.5) is 0 Å². The molecule has 1 aromatic carbocycles. The molecule has 1 aromatic rings. The van der Waals surface area contributed by atoms with Crippen LogP contribution in [0.2, 0.25) is 0 Å². The van der Waals surface area contributed by atoms with Gasteiger partial charge in [0.25, 0.3) is 0 Å². The molecule has 1 atom stereocenters. The number of rotatable bonds is 3. The van der Waals surface area contributed by atoms with Crippen molar-refractivity contribution in [2.24, 2.45) is 0 Å². The van der Waals surface area contributed by atoms with E-state index >= 15 is 0 Å². The molecule has 1 fully saturated rings. The van der Waals surface area contributed by atoms with Crippen LogP contribution < -0.4 is 10.1 Å². The summed E-state index contributed by atoms with van der Waals surface area (Å²) in [5, 5.41) is 3.51. The molecule has 0 radical (unpaired) electrons. The molecule has 2 aliphatic heterocycles. The minimum atomic E-state index is 0.620. The number of hydrogen-bond donors (Lipinski definition) is 1. The Balaban J connectivity index is 1.82. The molecule has 3 nitrogen and oxygen atoms in total. The SMILES string of the molecule is COc1ccc2c(c1)C(CN1CCC1)CNC2. The second-order valence-corrected chi connectivity index (χ2v) is 5.05. The highest BCUT2D eigenvalue weighted by atomic mass is 16.5. The normalized spacial score (nSPS) is 23.9. The lowest BCUT2D eigenvalue weighted by Crippen LogP contribution is -2.43. The molecule has 0 spiro atoms. The van der Waals surface area contributed by atoms with Crippen LogP contribution in [-0.2, 0) is 6.54 Å². The number of ether oxygens (including phenoxy) is 1. The lowest BCUT2D eigenvalue weighted by atomic mass is 9.89. The van der Waals surface area contributed by atoms with Gasteiger partial charge in [-0.15, -0.1) is 0 Å². The highest BCUT2D eigenvalue weighted by molar-refractivity contribution is 5.39. The van der Waals surface area contributed by atoms with E-state index in [0.717, 1.165) is 18.8 Å². The second-order valence-electron chi connectivity index (χ2n) is 5.05. The van der Waals surface area contributed by atoms with Crippen molar-refractivity contribution in [3.05, 3.63) is 29.3 Å². The molecule has 3 heteroatoms. The van der Waals surface area contributed by atoms with Gasteiger partial charge in [-0.05, 0) is 42.8 Å². The summed E-state index contributed by atoms with van der Waals surface area (Å²) in [6.07, 6.45) is 1.37. The Hall–Kier alpha value is -1.06. The lowest BCUT2D eigenvalue weighted by Gasteiger charge is -2.36. The molecule has 0 aliphatic carbocycles. The zero-order valence-corrected chi connectivity index (χ0v) is 10.4. The first-order valence-electron chi connectivity index (χ1n) is 6.46. The van der Waals surface area contributed by atoms with E-state index in [2.05, 4.69) is 28.4 Å². The van der Waals surface area contributed by atoms with E-state index in [9.17, 15) is 0 Å². The van der Waals surface area contributed by atoms with Gasteiger partial charge in [-0.1, -0.05) is 6.07 Å². The third kappa shape index (κ3) is 2.17. The molecule has 1 N–H and O–H groups in total. The third-order valence-electron chi connectivity index (χ3n) is 3.93. The van der Waals surface area contributed by atoms with Gasteiger partial charge in [0, 0.05) is 25.6 Å². The van der Waals surface area contributed by atoms with Gasteiger partial charge in [0.15, 0.2) is 0 Å². The zero-order chi connectivity index (χ0) is 11.7. The third-order valence-corrected chi connectivity index (χ3v) is 3.93. The van der Waals surface area contributed by atoms with Gasteiger partial charge in [-0.25, -0.2) is 0 Å². The van der Waals surface area contributed by atoms with Crippen molar-refractivity contribution in [2.45, 2.75) is 18.9 Å². The Kier molecular flexibility index (Phi) is 3.04. The van der Waals surface area contributed by atoms with E-state index < -0.39 is 0 Å². The summed E-state index contributed by atoms with van der Waals surface area (Å²) in [4.78, 5) is 2.54. The van der Waals surface area contributed by atoms with Crippen LogP contribution in [0, 0.1) is 0 Å². The Morgan fingerprint density at radius 2 is 2.29 bits per heavy atom. The Morgan fingerprint density at radius 1 is 1.41 bits per heavy atom. The highest BCUT2D eigenvalue weighted by Crippen LogP contribution is 2.29. The maximum Gasteiger partial charge on any atom is 0.119 e. The van der Waals surface area contributed by atoms with Gasteiger partial charge >= 0.3 is 0 Å². The van der Waals surface area contributed by atoms with Gasteiger partial charge in [0.1, 0.15) is 5.75 Å². The number of nitrogens with one attached hydrogen (secondary N) is 1. The summed E-state index contributed by atoms with van der Waals surface area (Å²) in [6, 6.07) is 6.48. The van der Waals surface area contributed by atoms with Crippen molar-refractivity contribution in [3.8, 4) is 5.75 Å². The second kappa shape index (κ2) is 4.67. The Morgan fingerprint density at radius 3 is 3.00 bits per heavy atom. The Labute approximate surface area is 103 Å². The van der Waals surface area contributed by atoms with Crippen LogP contribution >= 0.6 is 0 Å². The molecule has 0 aromatic heterocycles. The minimum Gasteiger partial charge on any atom is -0.497 e. The van der Waals surface area contributed by atoms with E-state index in [0.29, 0.717) is 5.92 Å². The van der Waals surface area contributed by atoms with Crippen LogP contribution in [0.15, 0.2) is 18.2 Å². The largest absolute Gasteiger partial charge is 0.497 e. The summed E-state index contributed by atoms with van der Waals surface area (Å²) in [7, 11) is 1.74. The van der Waals surface area contributed by atoms with Crippen molar-refractivity contribution in [2.75, 3.05) is 33.3 Å². The average Bonchev–Trinajstić information content (AvgIpc) is 2.33. The maximum absolute atomic E-state index is 5.34. The summed E-state index contributed by atoms with van der Waals surface area (Å²) in [5.41, 5.74) is 2.91. The minimum absolute atomic E-state index is 0.620. The first-order chi connectivity index (χ1) is 8.36. The molecule has 17 heavy (non-hydrogen) atoms. The molecular weight excluding hydrogens is 212 g/mol. The fourth-order valence-corrected chi connectivity index (χ4v) is 2.77. The highest BCUT2D eigenvalue weighted by Gasteiger charge is 2.24. The summed E-state index contributed by atoms with van der Waals surface area (Å²) < 4.78 is 5.34. The molecule has 1 saturated heterocycles. The maximum atomic E-state index is 5.34. The lowest BCUT2D eigenvalue weighted by molar-refractivity contribution is 0.166. The number of benzene rings is 1. The Bertz CT molecular complexity index is 401. The standard InChI is InChI=1S/C14H20N2O/c1-17-13-4-3-11-8-15-9-12(14(11)7-13)10-16-5-2-6-16/h3-4,7,12,15H,2,5-6,8-10H2,1H3. The number of likely N-dealkylation sites (tertiary alicyclic amines) is 1. The van der Waals surface area contributed by atoms with E-state index in [1.54, 1.807) is 7.11 Å². The number of nitrogens with zero attached hydrogens (tertiary/aromatic N) is 1. The average molecular weight is 232 g/mol. The predicted octanol–water partition coefficient (Wildman–Crippen LogP) is 1.59. The molecule has 2 heterocycles. The molecule has 0 bridgehead atoms. The van der Waals surface area contributed by atoms with Crippen molar-refractivity contribution < 1.29 is 4.74 Å². The van der Waals surface area contributed by atoms with E-state index in [1.807, 2.05) is 0 Å². The molecule has 2 aliphatic rings. The summed E-state index contributed by atoms with van der Waals surface area (Å²) in [6.45, 7) is 5.82. The summed E-state index contributed by atoms with van der Waals surface area (Å²) >= 11 is 0. The van der Waals surface area contributed by atoms with Gasteiger partial charge in [0.2, 0.25) is 0 Å². The van der Waals surface area contributed by atoms with Gasteiger partial charge < -0.3 is 15.0 Å². The quantitative estimate of drug-likeness (QED) is 0.856. The number of fused-ring (bicyclic) bond motifs is 1. The molecule has 0 saturated carbocycles. The molecule has 1 unspecified atom stereocenters. The van der Waals surface area contributed by atoms with Crippen LogP contribution in [0.3, 0.4) is 0 Å². The topological polar surface area (TPSA) is 24.5 Å². The first-order valence-corrected chi connectivity index (χ1v) is 6.46. The predicted molar refractivity (Wildman–Crippen MR) is 68.5 cm³/mol. The van der Waals surface area contributed by atoms with Crippen LogP contribution in [-0.4, -0.2) is 38.2 Å².